The SMILES string of the molecule is [2H]c1cc(-c2ccc(-c3c(C)cccc3C)cn2)c([2H])c([2H])c1[2H]. The predicted octanol–water partition coefficient (Wildman–Crippen LogP) is 5.03. The zero-order chi connectivity index (χ0) is 17.4. The van der Waals surface area contributed by atoms with Crippen LogP contribution >= 0.6 is 0 Å². The van der Waals surface area contributed by atoms with Gasteiger partial charge in [0.25, 0.3) is 0 Å². The molecule has 0 radical (unpaired) electrons. The molecule has 1 aromatic heterocycles. The second-order valence-electron chi connectivity index (χ2n) is 4.78. The summed E-state index contributed by atoms with van der Waals surface area (Å²) in [5.41, 5.74) is 5.44. The summed E-state index contributed by atoms with van der Waals surface area (Å²) < 4.78 is 31.2. The van der Waals surface area contributed by atoms with Crippen LogP contribution in [0, 0.1) is 13.8 Å². The molecule has 0 saturated heterocycles. The normalized spacial score (nSPS) is 13.3. The van der Waals surface area contributed by atoms with Crippen LogP contribution in [0.2, 0.25) is 0 Å². The van der Waals surface area contributed by atoms with E-state index in [1.54, 1.807) is 12.3 Å². The Morgan fingerprint density at radius 1 is 0.850 bits per heavy atom. The van der Waals surface area contributed by atoms with Gasteiger partial charge in [-0.3, -0.25) is 4.98 Å². The quantitative estimate of drug-likeness (QED) is 0.631. The van der Waals surface area contributed by atoms with E-state index in [2.05, 4.69) is 31.0 Å². The number of benzene rings is 2. The molecule has 0 bridgehead atoms. The van der Waals surface area contributed by atoms with E-state index in [0.29, 0.717) is 11.3 Å². The Labute approximate surface area is 125 Å². The van der Waals surface area contributed by atoms with E-state index >= 15 is 0 Å². The molecule has 0 aliphatic carbocycles. The molecule has 0 saturated carbocycles. The summed E-state index contributed by atoms with van der Waals surface area (Å²) in [7, 11) is 0. The average Bonchev–Trinajstić information content (AvgIpc) is 2.57. The molecular weight excluding hydrogens is 242 g/mol. The van der Waals surface area contributed by atoms with Crippen LogP contribution in [0.5, 0.6) is 0 Å². The second kappa shape index (κ2) is 5.30. The molecule has 20 heavy (non-hydrogen) atoms. The van der Waals surface area contributed by atoms with Crippen molar-refractivity contribution in [3.63, 3.8) is 0 Å². The van der Waals surface area contributed by atoms with Gasteiger partial charge in [0.15, 0.2) is 0 Å². The summed E-state index contributed by atoms with van der Waals surface area (Å²) in [6, 6.07) is 10.7. The van der Waals surface area contributed by atoms with Crippen molar-refractivity contribution in [1.82, 2.24) is 4.98 Å². The van der Waals surface area contributed by atoms with Crippen LogP contribution in [0.25, 0.3) is 22.4 Å². The van der Waals surface area contributed by atoms with Crippen LogP contribution in [0.1, 0.15) is 16.6 Å². The highest BCUT2D eigenvalue weighted by Gasteiger charge is 2.06. The molecule has 0 atom stereocenters. The van der Waals surface area contributed by atoms with Crippen molar-refractivity contribution in [3.05, 3.63) is 77.9 Å². The minimum absolute atomic E-state index is 0.0633. The molecule has 1 heteroatoms. The zero-order valence-electron chi connectivity index (χ0n) is 15.5. The van der Waals surface area contributed by atoms with E-state index in [4.69, 9.17) is 5.48 Å². The van der Waals surface area contributed by atoms with Crippen LogP contribution in [-0.2, 0) is 0 Å². The van der Waals surface area contributed by atoms with Crippen LogP contribution in [0.4, 0.5) is 0 Å². The maximum Gasteiger partial charge on any atom is 0.0702 e. The Kier molecular flexibility index (Phi) is 2.30. The number of nitrogens with zero attached hydrogens (tertiary/aromatic N) is 1. The van der Waals surface area contributed by atoms with E-state index < -0.39 is 0 Å². The van der Waals surface area contributed by atoms with Gasteiger partial charge >= 0.3 is 0 Å². The molecule has 3 rings (SSSR count). The highest BCUT2D eigenvalue weighted by Crippen LogP contribution is 2.27. The van der Waals surface area contributed by atoms with Gasteiger partial charge < -0.3 is 0 Å². The van der Waals surface area contributed by atoms with Crippen molar-refractivity contribution in [3.8, 4) is 22.4 Å². The minimum atomic E-state index is -0.238. The molecule has 1 heterocycles. The van der Waals surface area contributed by atoms with Crippen molar-refractivity contribution in [1.29, 1.82) is 0 Å². The van der Waals surface area contributed by atoms with Crippen molar-refractivity contribution >= 4 is 0 Å². The van der Waals surface area contributed by atoms with Gasteiger partial charge in [-0.25, -0.2) is 0 Å². The third-order valence-corrected chi connectivity index (χ3v) is 3.36. The Balaban J connectivity index is 2.08. The first-order valence-electron chi connectivity index (χ1n) is 8.50. The fraction of sp³-hybridized carbons (Fsp3) is 0.105. The molecule has 0 spiro atoms. The minimum Gasteiger partial charge on any atom is -0.256 e. The lowest BCUT2D eigenvalue weighted by Crippen LogP contribution is -1.90. The topological polar surface area (TPSA) is 12.9 Å². The first-order chi connectivity index (χ1) is 11.4. The van der Waals surface area contributed by atoms with Crippen LogP contribution < -0.4 is 0 Å². The first kappa shape index (κ1) is 8.70. The van der Waals surface area contributed by atoms with Gasteiger partial charge in [0.1, 0.15) is 0 Å². The van der Waals surface area contributed by atoms with Crippen molar-refractivity contribution in [2.75, 3.05) is 0 Å². The standard InChI is InChI=1S/C19H17N/c1-14-7-6-8-15(2)19(14)17-11-12-18(20-13-17)16-9-4-3-5-10-16/h3-13H,1-2H3/i3D,4D,5D,9D. The van der Waals surface area contributed by atoms with Crippen LogP contribution in [-0.4, -0.2) is 4.98 Å². The molecule has 0 amide bonds. The third kappa shape index (κ3) is 2.35. The van der Waals surface area contributed by atoms with Crippen molar-refractivity contribution < 1.29 is 5.48 Å². The monoisotopic (exact) mass is 263 g/mol. The number of hydrogen-bond donors (Lipinski definition) is 0. The Bertz CT molecular complexity index is 897. The maximum absolute atomic E-state index is 8.03. The van der Waals surface area contributed by atoms with Gasteiger partial charge in [-0.05, 0) is 36.6 Å². The second-order valence-corrected chi connectivity index (χ2v) is 4.78. The highest BCUT2D eigenvalue weighted by molar-refractivity contribution is 5.71. The number of rotatable bonds is 2. The fourth-order valence-corrected chi connectivity index (χ4v) is 2.39. The molecule has 0 aliphatic heterocycles. The molecule has 98 valence electrons. The summed E-state index contributed by atoms with van der Waals surface area (Å²) in [5, 5.41) is 0. The van der Waals surface area contributed by atoms with E-state index in [1.165, 1.54) is 17.2 Å². The number of hydrogen-bond acceptors (Lipinski definition) is 1. The largest absolute Gasteiger partial charge is 0.256 e. The van der Waals surface area contributed by atoms with Gasteiger partial charge in [0.05, 0.1) is 11.2 Å². The smallest absolute Gasteiger partial charge is 0.0702 e. The number of pyridine rings is 1. The Hall–Kier alpha value is -2.41. The van der Waals surface area contributed by atoms with E-state index in [1.807, 2.05) is 12.1 Å². The number of aryl methyl sites for hydroxylation is 2. The summed E-state index contributed by atoms with van der Waals surface area (Å²) in [4.78, 5) is 4.43. The Morgan fingerprint density at radius 2 is 1.65 bits per heavy atom. The van der Waals surface area contributed by atoms with Gasteiger partial charge in [0, 0.05) is 17.3 Å². The van der Waals surface area contributed by atoms with Gasteiger partial charge in [0.2, 0.25) is 0 Å². The van der Waals surface area contributed by atoms with E-state index in [0.717, 1.165) is 11.1 Å². The van der Waals surface area contributed by atoms with E-state index in [9.17, 15) is 0 Å². The van der Waals surface area contributed by atoms with E-state index in [-0.39, 0.29) is 24.2 Å². The Morgan fingerprint density at radius 3 is 2.35 bits per heavy atom. The van der Waals surface area contributed by atoms with Gasteiger partial charge in [-0.15, -0.1) is 0 Å². The summed E-state index contributed by atoms with van der Waals surface area (Å²) >= 11 is 0. The number of aromatic nitrogens is 1. The third-order valence-electron chi connectivity index (χ3n) is 3.36. The summed E-state index contributed by atoms with van der Waals surface area (Å²) in [6.07, 6.45) is 1.76. The van der Waals surface area contributed by atoms with Gasteiger partial charge in [-0.1, -0.05) is 54.5 Å². The predicted molar refractivity (Wildman–Crippen MR) is 84.6 cm³/mol. The zero-order valence-corrected chi connectivity index (χ0v) is 11.5. The first-order valence-corrected chi connectivity index (χ1v) is 6.50. The lowest BCUT2D eigenvalue weighted by atomic mass is 9.96. The highest BCUT2D eigenvalue weighted by atomic mass is 14.7. The lowest BCUT2D eigenvalue weighted by Gasteiger charge is -2.10. The molecule has 0 fully saturated rings. The molecule has 0 unspecified atom stereocenters. The molecule has 1 nitrogen and oxygen atoms in total. The molecule has 0 aliphatic rings. The van der Waals surface area contributed by atoms with Crippen LogP contribution in [0.3, 0.4) is 0 Å². The lowest BCUT2D eigenvalue weighted by molar-refractivity contribution is 1.30. The maximum atomic E-state index is 8.03. The van der Waals surface area contributed by atoms with Crippen molar-refractivity contribution in [2.45, 2.75) is 13.8 Å². The molecule has 0 N–H and O–H groups in total. The van der Waals surface area contributed by atoms with Gasteiger partial charge in [-0.2, -0.15) is 0 Å². The average molecular weight is 263 g/mol. The summed E-state index contributed by atoms with van der Waals surface area (Å²) in [6.45, 7) is 4.12. The molecule has 3 aromatic rings. The van der Waals surface area contributed by atoms with Crippen LogP contribution in [0.15, 0.2) is 66.8 Å². The fourth-order valence-electron chi connectivity index (χ4n) is 2.39. The molecule has 2 aromatic carbocycles. The molecular formula is C19H17N. The summed E-state index contributed by atoms with van der Waals surface area (Å²) in [5.74, 6) is 0. The van der Waals surface area contributed by atoms with Crippen molar-refractivity contribution in [2.24, 2.45) is 0 Å².